The second-order valence-electron chi connectivity index (χ2n) is 7.26. The zero-order valence-electron chi connectivity index (χ0n) is 18.6. The molecule has 1 N–H and O–H groups in total. The fourth-order valence-corrected chi connectivity index (χ4v) is 5.49. The molecular weight excluding hydrogens is 448 g/mol. The van der Waals surface area contributed by atoms with Gasteiger partial charge in [0.05, 0.1) is 25.3 Å². The first-order valence-corrected chi connectivity index (χ1v) is 12.5. The smallest absolute Gasteiger partial charge is 0.410 e. The van der Waals surface area contributed by atoms with Crippen molar-refractivity contribution in [1.82, 2.24) is 4.90 Å². The normalized spacial score (nSPS) is 12.8. The Bertz CT molecular complexity index is 972. The Morgan fingerprint density at radius 3 is 2.53 bits per heavy atom. The zero-order valence-corrected chi connectivity index (χ0v) is 20.2. The van der Waals surface area contributed by atoms with Gasteiger partial charge in [-0.3, -0.25) is 4.79 Å². The van der Waals surface area contributed by atoms with E-state index >= 15 is 0 Å². The number of esters is 1. The van der Waals surface area contributed by atoms with Gasteiger partial charge in [-0.2, -0.15) is 0 Å². The average molecular weight is 477 g/mol. The van der Waals surface area contributed by atoms with Crippen LogP contribution in [0.4, 0.5) is 9.80 Å². The number of thiophene rings is 1. The van der Waals surface area contributed by atoms with Crippen LogP contribution in [0.3, 0.4) is 0 Å². The number of carbonyl (C=O) groups is 3. The minimum absolute atomic E-state index is 0.156. The molecule has 0 bridgehead atoms. The summed E-state index contributed by atoms with van der Waals surface area (Å²) in [5.74, 6) is 0.0284. The highest BCUT2D eigenvalue weighted by molar-refractivity contribution is 7.99. The summed E-state index contributed by atoms with van der Waals surface area (Å²) in [6.45, 7) is 6.92. The Labute approximate surface area is 196 Å². The van der Waals surface area contributed by atoms with Gasteiger partial charge in [0.15, 0.2) is 0 Å². The molecule has 2 aromatic rings. The SMILES string of the molecule is CCOC(=O)c1c(NC(=O)CCSc2ccc(C)cc2)sc2c1CCN(C(=O)OCC)C2. The maximum absolute atomic E-state index is 12.6. The lowest BCUT2D eigenvalue weighted by Crippen LogP contribution is -2.36. The zero-order chi connectivity index (χ0) is 23.1. The van der Waals surface area contributed by atoms with Crippen LogP contribution in [0.5, 0.6) is 0 Å². The number of anilines is 1. The van der Waals surface area contributed by atoms with Crippen molar-refractivity contribution in [2.24, 2.45) is 0 Å². The summed E-state index contributed by atoms with van der Waals surface area (Å²) in [6.07, 6.45) is 0.457. The van der Waals surface area contributed by atoms with Gasteiger partial charge in [0, 0.05) is 28.5 Å². The summed E-state index contributed by atoms with van der Waals surface area (Å²) >= 11 is 2.94. The molecule has 172 valence electrons. The maximum atomic E-state index is 12.6. The molecule has 0 unspecified atom stereocenters. The van der Waals surface area contributed by atoms with Crippen LogP contribution in [0.2, 0.25) is 0 Å². The minimum atomic E-state index is -0.445. The molecule has 1 aromatic heterocycles. The van der Waals surface area contributed by atoms with Crippen molar-refractivity contribution in [3.63, 3.8) is 0 Å². The summed E-state index contributed by atoms with van der Waals surface area (Å²) in [4.78, 5) is 41.0. The quantitative estimate of drug-likeness (QED) is 0.432. The van der Waals surface area contributed by atoms with Gasteiger partial charge >= 0.3 is 12.1 Å². The summed E-state index contributed by atoms with van der Waals surface area (Å²) < 4.78 is 10.3. The number of aryl methyl sites for hydroxylation is 1. The van der Waals surface area contributed by atoms with Crippen LogP contribution in [0.15, 0.2) is 29.2 Å². The largest absolute Gasteiger partial charge is 0.462 e. The lowest BCUT2D eigenvalue weighted by Gasteiger charge is -2.26. The van der Waals surface area contributed by atoms with Gasteiger partial charge in [0.25, 0.3) is 0 Å². The second-order valence-corrected chi connectivity index (χ2v) is 9.53. The highest BCUT2D eigenvalue weighted by atomic mass is 32.2. The Morgan fingerprint density at radius 2 is 1.84 bits per heavy atom. The summed E-state index contributed by atoms with van der Waals surface area (Å²) in [5.41, 5.74) is 2.45. The van der Waals surface area contributed by atoms with Gasteiger partial charge in [-0.15, -0.1) is 23.1 Å². The Kier molecular flexibility index (Phi) is 8.58. The molecule has 1 aliphatic rings. The standard InChI is InChI=1S/C23H28N2O5S2/c1-4-29-22(27)20-17-10-12-25(23(28)30-5-2)14-18(17)32-21(20)24-19(26)11-13-31-16-8-6-15(3)7-9-16/h6-9H,4-5,10-14H2,1-3H3,(H,24,26). The third-order valence-corrected chi connectivity index (χ3v) is 7.08. The molecule has 1 aromatic carbocycles. The highest BCUT2D eigenvalue weighted by Crippen LogP contribution is 2.38. The number of ether oxygens (including phenoxy) is 2. The summed E-state index contributed by atoms with van der Waals surface area (Å²) in [7, 11) is 0. The van der Waals surface area contributed by atoms with Crippen molar-refractivity contribution < 1.29 is 23.9 Å². The number of nitrogens with zero attached hydrogens (tertiary/aromatic N) is 1. The van der Waals surface area contributed by atoms with Gasteiger partial charge in [-0.1, -0.05) is 17.7 Å². The van der Waals surface area contributed by atoms with E-state index < -0.39 is 5.97 Å². The second kappa shape index (κ2) is 11.4. The number of benzene rings is 1. The van der Waals surface area contributed by atoms with E-state index in [2.05, 4.69) is 5.32 Å². The van der Waals surface area contributed by atoms with E-state index in [0.717, 1.165) is 15.3 Å². The van der Waals surface area contributed by atoms with Crippen molar-refractivity contribution in [3.05, 3.63) is 45.8 Å². The van der Waals surface area contributed by atoms with Crippen molar-refractivity contribution in [3.8, 4) is 0 Å². The van der Waals surface area contributed by atoms with Crippen molar-refractivity contribution in [1.29, 1.82) is 0 Å². The molecule has 3 rings (SSSR count). The Hall–Kier alpha value is -2.52. The average Bonchev–Trinajstić information content (AvgIpc) is 3.12. The summed E-state index contributed by atoms with van der Waals surface area (Å²) in [5, 5.41) is 3.39. The van der Waals surface area contributed by atoms with Crippen molar-refractivity contribution in [2.45, 2.75) is 45.1 Å². The van der Waals surface area contributed by atoms with Crippen LogP contribution in [0.1, 0.15) is 46.6 Å². The number of nitrogens with one attached hydrogen (secondary N) is 1. The monoisotopic (exact) mass is 476 g/mol. The van der Waals surface area contributed by atoms with Crippen LogP contribution in [0, 0.1) is 6.92 Å². The number of hydrogen-bond donors (Lipinski definition) is 1. The number of thioether (sulfide) groups is 1. The van der Waals surface area contributed by atoms with Gasteiger partial charge in [0.1, 0.15) is 5.00 Å². The fraction of sp³-hybridized carbons (Fsp3) is 0.435. The van der Waals surface area contributed by atoms with Gasteiger partial charge in [-0.25, -0.2) is 9.59 Å². The number of rotatable bonds is 8. The Morgan fingerprint density at radius 1 is 1.12 bits per heavy atom. The molecule has 9 heteroatoms. The predicted octanol–water partition coefficient (Wildman–Crippen LogP) is 4.87. The molecule has 0 saturated carbocycles. The maximum Gasteiger partial charge on any atom is 0.410 e. The first kappa shape index (κ1) is 24.1. The lowest BCUT2D eigenvalue weighted by atomic mass is 10.0. The minimum Gasteiger partial charge on any atom is -0.462 e. The highest BCUT2D eigenvalue weighted by Gasteiger charge is 2.31. The first-order chi connectivity index (χ1) is 15.4. The summed E-state index contributed by atoms with van der Waals surface area (Å²) in [6, 6.07) is 8.17. The van der Waals surface area contributed by atoms with Crippen molar-refractivity contribution >= 4 is 46.1 Å². The van der Waals surface area contributed by atoms with Gasteiger partial charge in [0.2, 0.25) is 5.91 Å². The van der Waals surface area contributed by atoms with Crippen LogP contribution >= 0.6 is 23.1 Å². The lowest BCUT2D eigenvalue weighted by molar-refractivity contribution is -0.115. The molecule has 0 atom stereocenters. The molecule has 0 fully saturated rings. The molecule has 0 spiro atoms. The molecule has 0 aliphatic carbocycles. The van der Waals surface area contributed by atoms with E-state index in [0.29, 0.717) is 48.9 Å². The number of fused-ring (bicyclic) bond motifs is 1. The van der Waals surface area contributed by atoms with E-state index in [9.17, 15) is 14.4 Å². The van der Waals surface area contributed by atoms with Crippen LogP contribution in [0.25, 0.3) is 0 Å². The topological polar surface area (TPSA) is 84.9 Å². The first-order valence-electron chi connectivity index (χ1n) is 10.7. The predicted molar refractivity (Wildman–Crippen MR) is 127 cm³/mol. The molecule has 32 heavy (non-hydrogen) atoms. The molecule has 0 saturated heterocycles. The van der Waals surface area contributed by atoms with Crippen molar-refractivity contribution in [2.75, 3.05) is 30.8 Å². The third kappa shape index (κ3) is 6.04. The number of hydrogen-bond acceptors (Lipinski definition) is 7. The Balaban J connectivity index is 1.69. The molecular formula is C23H28N2O5S2. The molecule has 1 aliphatic heterocycles. The van der Waals surface area contributed by atoms with E-state index in [1.54, 1.807) is 30.5 Å². The van der Waals surface area contributed by atoms with Crippen LogP contribution in [-0.2, 0) is 27.2 Å². The van der Waals surface area contributed by atoms with E-state index in [1.165, 1.54) is 16.9 Å². The van der Waals surface area contributed by atoms with E-state index in [-0.39, 0.29) is 18.6 Å². The molecule has 7 nitrogen and oxygen atoms in total. The van der Waals surface area contributed by atoms with Crippen LogP contribution in [-0.4, -0.2) is 48.4 Å². The van der Waals surface area contributed by atoms with Crippen LogP contribution < -0.4 is 5.32 Å². The van der Waals surface area contributed by atoms with E-state index in [1.807, 2.05) is 31.2 Å². The molecule has 2 heterocycles. The van der Waals surface area contributed by atoms with Gasteiger partial charge < -0.3 is 19.7 Å². The number of carbonyl (C=O) groups excluding carboxylic acids is 3. The molecule has 2 amide bonds. The third-order valence-electron chi connectivity index (χ3n) is 4.93. The number of amides is 2. The van der Waals surface area contributed by atoms with Gasteiger partial charge in [-0.05, 0) is 44.9 Å². The fourth-order valence-electron chi connectivity index (χ4n) is 3.37. The molecule has 0 radical (unpaired) electrons. The van der Waals surface area contributed by atoms with E-state index in [4.69, 9.17) is 9.47 Å².